The van der Waals surface area contributed by atoms with E-state index in [2.05, 4.69) is 10.9 Å². The molecule has 1 saturated heterocycles. The highest BCUT2D eigenvalue weighted by Crippen LogP contribution is 2.29. The molecule has 1 aromatic carbocycles. The van der Waals surface area contributed by atoms with Gasteiger partial charge in [-0.2, -0.15) is 0 Å². The first-order valence-corrected chi connectivity index (χ1v) is 12.1. The second-order valence-electron chi connectivity index (χ2n) is 8.18. The molecule has 5 rings (SSSR count). The molecule has 0 radical (unpaired) electrons. The van der Waals surface area contributed by atoms with E-state index in [1.54, 1.807) is 36.5 Å². The van der Waals surface area contributed by atoms with Gasteiger partial charge in [0.1, 0.15) is 11.2 Å². The highest BCUT2D eigenvalue weighted by atomic mass is 32.1. The normalized spacial score (nSPS) is 13.6. The van der Waals surface area contributed by atoms with E-state index in [1.165, 1.54) is 15.9 Å². The molecule has 7 nitrogen and oxygen atoms in total. The number of thiophene rings is 1. The molecule has 0 unspecified atom stereocenters. The number of ketones is 1. The van der Waals surface area contributed by atoms with Gasteiger partial charge in [-0.1, -0.05) is 42.3 Å². The predicted molar refractivity (Wildman–Crippen MR) is 137 cm³/mol. The molecule has 0 bridgehead atoms. The third-order valence-electron chi connectivity index (χ3n) is 6.15. The summed E-state index contributed by atoms with van der Waals surface area (Å²) in [7, 11) is 0. The second-order valence-corrected chi connectivity index (χ2v) is 9.13. The van der Waals surface area contributed by atoms with Gasteiger partial charge in [-0.25, -0.2) is 4.98 Å². The summed E-state index contributed by atoms with van der Waals surface area (Å²) >= 11 is 1.43. The summed E-state index contributed by atoms with van der Waals surface area (Å²) in [5.41, 5.74) is 1.33. The summed E-state index contributed by atoms with van der Waals surface area (Å²) in [4.78, 5) is 48.2. The van der Waals surface area contributed by atoms with Crippen LogP contribution in [0.3, 0.4) is 0 Å². The number of Topliss-reactive ketones (excluding diaryl/α,β-unsaturated/α-hetero) is 1. The Morgan fingerprint density at radius 3 is 2.46 bits per heavy atom. The minimum Gasteiger partial charge on any atom is -0.366 e. The first kappa shape index (κ1) is 22.6. The van der Waals surface area contributed by atoms with E-state index in [1.807, 2.05) is 39.4 Å². The minimum atomic E-state index is -0.421. The van der Waals surface area contributed by atoms with Crippen LogP contribution in [0.15, 0.2) is 71.0 Å². The number of benzene rings is 1. The van der Waals surface area contributed by atoms with E-state index in [0.29, 0.717) is 53.3 Å². The number of amides is 1. The average Bonchev–Trinajstić information content (AvgIpc) is 3.45. The van der Waals surface area contributed by atoms with Crippen molar-refractivity contribution >= 4 is 39.7 Å². The third kappa shape index (κ3) is 4.22. The summed E-state index contributed by atoms with van der Waals surface area (Å²) in [5, 5.41) is 2.60. The van der Waals surface area contributed by atoms with Crippen LogP contribution in [0.25, 0.3) is 11.0 Å². The number of carbonyl (C=O) groups excluding carboxylic acids is 2. The number of nitrogens with zero attached hydrogens (tertiary/aromatic N) is 4. The number of pyridine rings is 2. The van der Waals surface area contributed by atoms with Gasteiger partial charge in [-0.05, 0) is 23.6 Å². The van der Waals surface area contributed by atoms with Crippen molar-refractivity contribution < 1.29 is 9.59 Å². The highest BCUT2D eigenvalue weighted by Gasteiger charge is 2.27. The summed E-state index contributed by atoms with van der Waals surface area (Å²) in [6.07, 6.45) is 7.44. The van der Waals surface area contributed by atoms with Crippen molar-refractivity contribution in [2.24, 2.45) is 0 Å². The van der Waals surface area contributed by atoms with Crippen LogP contribution < -0.4 is 10.5 Å². The zero-order valence-corrected chi connectivity index (χ0v) is 19.7. The van der Waals surface area contributed by atoms with Crippen molar-refractivity contribution in [3.8, 4) is 12.3 Å². The summed E-state index contributed by atoms with van der Waals surface area (Å²) in [5.74, 6) is 2.38. The van der Waals surface area contributed by atoms with Crippen molar-refractivity contribution in [2.75, 3.05) is 31.1 Å². The number of hydrogen-bond donors (Lipinski definition) is 0. The van der Waals surface area contributed by atoms with E-state index < -0.39 is 5.56 Å². The Balaban J connectivity index is 1.50. The van der Waals surface area contributed by atoms with Gasteiger partial charge in [-0.3, -0.25) is 19.0 Å². The monoisotopic (exact) mass is 482 g/mol. The van der Waals surface area contributed by atoms with Crippen LogP contribution in [0.2, 0.25) is 0 Å². The molecule has 0 saturated carbocycles. The molecule has 0 N–H and O–H groups in total. The van der Waals surface area contributed by atoms with Crippen LogP contribution in [0.4, 0.5) is 5.69 Å². The van der Waals surface area contributed by atoms with Crippen molar-refractivity contribution in [3.05, 3.63) is 92.5 Å². The van der Waals surface area contributed by atoms with Crippen molar-refractivity contribution in [1.82, 2.24) is 14.5 Å². The molecule has 4 heterocycles. The molecule has 8 heteroatoms. The number of terminal acetylenes is 1. The second kappa shape index (κ2) is 9.57. The molecule has 1 fully saturated rings. The molecule has 1 amide bonds. The number of fused-ring (bicyclic) bond motifs is 1. The van der Waals surface area contributed by atoms with Crippen LogP contribution in [0, 0.1) is 12.3 Å². The number of carbonyl (C=O) groups is 2. The third-order valence-corrected chi connectivity index (χ3v) is 7.01. The summed E-state index contributed by atoms with van der Waals surface area (Å²) < 4.78 is 1.36. The quantitative estimate of drug-likeness (QED) is 0.322. The van der Waals surface area contributed by atoms with Gasteiger partial charge in [0.15, 0.2) is 5.78 Å². The number of aromatic nitrogens is 2. The Morgan fingerprint density at radius 1 is 1.00 bits per heavy atom. The largest absolute Gasteiger partial charge is 0.366 e. The first-order valence-electron chi connectivity index (χ1n) is 11.2. The number of rotatable bonds is 5. The van der Waals surface area contributed by atoms with Crippen molar-refractivity contribution in [2.45, 2.75) is 6.54 Å². The van der Waals surface area contributed by atoms with E-state index in [0.717, 1.165) is 0 Å². The van der Waals surface area contributed by atoms with Crippen LogP contribution in [0.5, 0.6) is 0 Å². The Hall–Kier alpha value is -4.22. The summed E-state index contributed by atoms with van der Waals surface area (Å²) in [6, 6.07) is 16.2. The maximum atomic E-state index is 13.5. The van der Waals surface area contributed by atoms with Crippen molar-refractivity contribution in [1.29, 1.82) is 0 Å². The van der Waals surface area contributed by atoms with Crippen molar-refractivity contribution in [3.63, 3.8) is 0 Å². The minimum absolute atomic E-state index is 0.0122. The van der Waals surface area contributed by atoms with Gasteiger partial charge >= 0.3 is 0 Å². The zero-order chi connectivity index (χ0) is 24.4. The lowest BCUT2D eigenvalue weighted by Gasteiger charge is -2.37. The fourth-order valence-electron chi connectivity index (χ4n) is 4.42. The standard InChI is InChI=1S/C27H22N4O3S/c1-2-20-24(29-13-15-30(16-14-29)27(34)23-11-7-17-35-23)21-10-6-12-28-25(21)31(26(20)33)18-22(32)19-8-4-3-5-9-19/h1,3-12,17H,13-16,18H2. The maximum Gasteiger partial charge on any atom is 0.270 e. The molecule has 0 spiro atoms. The molecule has 35 heavy (non-hydrogen) atoms. The fraction of sp³-hybridized carbons (Fsp3) is 0.185. The van der Waals surface area contributed by atoms with Gasteiger partial charge < -0.3 is 9.80 Å². The van der Waals surface area contributed by atoms with E-state index in [4.69, 9.17) is 6.42 Å². The van der Waals surface area contributed by atoms with Crippen LogP contribution in [-0.2, 0) is 6.54 Å². The van der Waals surface area contributed by atoms with Gasteiger partial charge in [0.25, 0.3) is 11.5 Å². The molecule has 0 atom stereocenters. The Kier molecular flexibility index (Phi) is 6.17. The van der Waals surface area contributed by atoms with Gasteiger partial charge in [0.05, 0.1) is 17.1 Å². The number of hydrogen-bond acceptors (Lipinski definition) is 6. The molecule has 174 valence electrons. The van der Waals surface area contributed by atoms with Gasteiger partial charge in [-0.15, -0.1) is 17.8 Å². The summed E-state index contributed by atoms with van der Waals surface area (Å²) in [6.45, 7) is 1.93. The molecule has 1 aliphatic rings. The van der Waals surface area contributed by atoms with Crippen LogP contribution in [0.1, 0.15) is 25.6 Å². The van der Waals surface area contributed by atoms with Gasteiger partial charge in [0, 0.05) is 43.3 Å². The SMILES string of the molecule is C#Cc1c(N2CCN(C(=O)c3cccs3)CC2)c2cccnc2n(CC(=O)c2ccccc2)c1=O. The maximum absolute atomic E-state index is 13.5. The number of piperazine rings is 1. The lowest BCUT2D eigenvalue weighted by Crippen LogP contribution is -2.49. The van der Waals surface area contributed by atoms with E-state index in [9.17, 15) is 14.4 Å². The molecule has 0 aliphatic carbocycles. The Bertz CT molecular complexity index is 1500. The Labute approximate surface area is 206 Å². The molecule has 4 aromatic rings. The zero-order valence-electron chi connectivity index (χ0n) is 18.9. The van der Waals surface area contributed by atoms with E-state index >= 15 is 0 Å². The smallest absolute Gasteiger partial charge is 0.270 e. The van der Waals surface area contributed by atoms with Crippen LogP contribution >= 0.6 is 11.3 Å². The highest BCUT2D eigenvalue weighted by molar-refractivity contribution is 7.12. The molecule has 3 aromatic heterocycles. The van der Waals surface area contributed by atoms with Gasteiger partial charge in [0.2, 0.25) is 0 Å². The predicted octanol–water partition coefficient (Wildman–Crippen LogP) is 3.28. The topological polar surface area (TPSA) is 75.5 Å². The fourth-order valence-corrected chi connectivity index (χ4v) is 5.11. The lowest BCUT2D eigenvalue weighted by atomic mass is 10.1. The Morgan fingerprint density at radius 2 is 1.77 bits per heavy atom. The van der Waals surface area contributed by atoms with Crippen LogP contribution in [-0.4, -0.2) is 52.3 Å². The first-order chi connectivity index (χ1) is 17.1. The molecule has 1 aliphatic heterocycles. The lowest BCUT2D eigenvalue weighted by molar-refractivity contribution is 0.0751. The van der Waals surface area contributed by atoms with E-state index in [-0.39, 0.29) is 23.8 Å². The average molecular weight is 483 g/mol. The number of anilines is 1. The molecular weight excluding hydrogens is 460 g/mol. The molecular formula is C27H22N4O3S.